The Hall–Kier alpha value is -0.120. The lowest BCUT2D eigenvalue weighted by molar-refractivity contribution is -0.0639. The van der Waals surface area contributed by atoms with Crippen LogP contribution in [0, 0.1) is 5.92 Å². The molecule has 112 valence electrons. The number of nitrogens with zero attached hydrogens (tertiary/aromatic N) is 1. The largest absolute Gasteiger partial charge is 0.379 e. The molecule has 2 fully saturated rings. The van der Waals surface area contributed by atoms with Crippen molar-refractivity contribution < 1.29 is 4.74 Å². The Bertz CT molecular complexity index is 255. The Morgan fingerprint density at radius 3 is 2.53 bits per heavy atom. The van der Waals surface area contributed by atoms with Gasteiger partial charge >= 0.3 is 0 Å². The summed E-state index contributed by atoms with van der Waals surface area (Å²) < 4.78 is 5.80. The van der Waals surface area contributed by atoms with Gasteiger partial charge in [-0.05, 0) is 44.6 Å². The van der Waals surface area contributed by atoms with Crippen LogP contribution in [-0.2, 0) is 4.74 Å². The summed E-state index contributed by atoms with van der Waals surface area (Å²) >= 11 is 0. The summed E-state index contributed by atoms with van der Waals surface area (Å²) in [5, 5.41) is 0. The monoisotopic (exact) mass is 268 g/mol. The summed E-state index contributed by atoms with van der Waals surface area (Å²) in [6, 6.07) is 0.754. The van der Waals surface area contributed by atoms with Gasteiger partial charge in [0.2, 0.25) is 0 Å². The molecule has 1 saturated carbocycles. The van der Waals surface area contributed by atoms with Crippen molar-refractivity contribution in [3.05, 3.63) is 0 Å². The predicted molar refractivity (Wildman–Crippen MR) is 80.3 cm³/mol. The predicted octanol–water partition coefficient (Wildman–Crippen LogP) is 2.79. The molecule has 0 amide bonds. The van der Waals surface area contributed by atoms with Crippen molar-refractivity contribution in [3.8, 4) is 0 Å². The second-order valence-corrected chi connectivity index (χ2v) is 6.90. The van der Waals surface area contributed by atoms with Crippen LogP contribution in [0.1, 0.15) is 58.8 Å². The van der Waals surface area contributed by atoms with Crippen LogP contribution >= 0.6 is 0 Å². The van der Waals surface area contributed by atoms with Crippen LogP contribution in [0.25, 0.3) is 0 Å². The fraction of sp³-hybridized carbons (Fsp3) is 1.00. The van der Waals surface area contributed by atoms with Gasteiger partial charge in [0.25, 0.3) is 0 Å². The van der Waals surface area contributed by atoms with Crippen molar-refractivity contribution in [1.29, 1.82) is 0 Å². The molecule has 0 aromatic carbocycles. The van der Waals surface area contributed by atoms with Gasteiger partial charge in [-0.25, -0.2) is 0 Å². The molecule has 0 radical (unpaired) electrons. The van der Waals surface area contributed by atoms with Crippen molar-refractivity contribution in [3.63, 3.8) is 0 Å². The van der Waals surface area contributed by atoms with Gasteiger partial charge in [-0.2, -0.15) is 0 Å². The Morgan fingerprint density at radius 1 is 1.26 bits per heavy atom. The molecule has 1 aliphatic carbocycles. The van der Waals surface area contributed by atoms with E-state index in [0.29, 0.717) is 0 Å². The molecule has 0 aromatic heterocycles. The summed E-state index contributed by atoms with van der Waals surface area (Å²) in [7, 11) is 0. The third-order valence-electron chi connectivity index (χ3n) is 5.00. The summed E-state index contributed by atoms with van der Waals surface area (Å²) in [4.78, 5) is 2.75. The van der Waals surface area contributed by atoms with Crippen molar-refractivity contribution in [2.24, 2.45) is 11.7 Å². The molecule has 0 spiro atoms. The van der Waals surface area contributed by atoms with E-state index < -0.39 is 0 Å². The minimum Gasteiger partial charge on any atom is -0.379 e. The van der Waals surface area contributed by atoms with E-state index in [1.807, 2.05) is 0 Å². The average molecular weight is 268 g/mol. The van der Waals surface area contributed by atoms with Gasteiger partial charge in [0.15, 0.2) is 0 Å². The summed E-state index contributed by atoms with van der Waals surface area (Å²) in [5.74, 6) is 0.767. The van der Waals surface area contributed by atoms with Gasteiger partial charge in [-0.3, -0.25) is 4.90 Å². The van der Waals surface area contributed by atoms with Crippen LogP contribution in [-0.4, -0.2) is 42.8 Å². The molecule has 3 nitrogen and oxygen atoms in total. The molecule has 0 aromatic rings. The highest BCUT2D eigenvalue weighted by molar-refractivity contribution is 4.97. The molecule has 1 saturated heterocycles. The van der Waals surface area contributed by atoms with Gasteiger partial charge in [0.1, 0.15) is 0 Å². The van der Waals surface area contributed by atoms with Crippen molar-refractivity contribution in [1.82, 2.24) is 4.90 Å². The van der Waals surface area contributed by atoms with Crippen LogP contribution in [0.15, 0.2) is 0 Å². The third-order valence-corrected chi connectivity index (χ3v) is 5.00. The lowest BCUT2D eigenvalue weighted by atomic mass is 9.87. The Morgan fingerprint density at radius 2 is 2.00 bits per heavy atom. The highest BCUT2D eigenvalue weighted by Gasteiger charge is 2.41. The molecule has 2 rings (SSSR count). The van der Waals surface area contributed by atoms with Gasteiger partial charge < -0.3 is 10.5 Å². The molecule has 2 N–H and O–H groups in total. The molecule has 1 unspecified atom stereocenters. The highest BCUT2D eigenvalue weighted by atomic mass is 16.5. The third kappa shape index (κ3) is 3.71. The molecule has 2 aliphatic rings. The Labute approximate surface area is 118 Å². The highest BCUT2D eigenvalue weighted by Crippen LogP contribution is 2.34. The van der Waals surface area contributed by atoms with Gasteiger partial charge in [-0.15, -0.1) is 0 Å². The van der Waals surface area contributed by atoms with E-state index in [9.17, 15) is 0 Å². The standard InChI is InChI=1S/C16H32N2O/c1-14(2)8-10-18(15-6-3-4-7-15)16(12-17)9-5-11-19-13-16/h14-15H,3-13,17H2,1-2H3. The summed E-state index contributed by atoms with van der Waals surface area (Å²) in [6.45, 7) is 8.35. The number of ether oxygens (including phenoxy) is 1. The van der Waals surface area contributed by atoms with Crippen LogP contribution in [0.2, 0.25) is 0 Å². The van der Waals surface area contributed by atoms with Crippen LogP contribution in [0.3, 0.4) is 0 Å². The second kappa shape index (κ2) is 7.05. The Balaban J connectivity index is 2.08. The first kappa shape index (κ1) is 15.3. The minimum atomic E-state index is 0.127. The zero-order chi connectivity index (χ0) is 13.7. The van der Waals surface area contributed by atoms with Crippen LogP contribution in [0.5, 0.6) is 0 Å². The maximum atomic E-state index is 6.19. The first-order valence-corrected chi connectivity index (χ1v) is 8.22. The quantitative estimate of drug-likeness (QED) is 0.805. The number of hydrogen-bond donors (Lipinski definition) is 1. The molecule has 3 heteroatoms. The number of nitrogens with two attached hydrogens (primary N) is 1. The Kier molecular flexibility index (Phi) is 5.67. The molecule has 19 heavy (non-hydrogen) atoms. The van der Waals surface area contributed by atoms with E-state index in [0.717, 1.165) is 31.7 Å². The maximum Gasteiger partial charge on any atom is 0.0662 e. The number of rotatable bonds is 6. The van der Waals surface area contributed by atoms with E-state index in [1.54, 1.807) is 0 Å². The molecular formula is C16H32N2O. The second-order valence-electron chi connectivity index (χ2n) is 6.90. The van der Waals surface area contributed by atoms with Gasteiger partial charge in [0.05, 0.1) is 12.1 Å². The van der Waals surface area contributed by atoms with E-state index in [-0.39, 0.29) is 5.54 Å². The van der Waals surface area contributed by atoms with Crippen LogP contribution in [0.4, 0.5) is 0 Å². The lowest BCUT2D eigenvalue weighted by Crippen LogP contribution is -2.61. The van der Waals surface area contributed by atoms with Crippen molar-refractivity contribution in [2.45, 2.75) is 70.4 Å². The van der Waals surface area contributed by atoms with E-state index in [1.165, 1.54) is 51.5 Å². The smallest absolute Gasteiger partial charge is 0.0662 e. The van der Waals surface area contributed by atoms with Crippen molar-refractivity contribution >= 4 is 0 Å². The molecule has 1 aliphatic heterocycles. The molecular weight excluding hydrogens is 236 g/mol. The first-order valence-electron chi connectivity index (χ1n) is 8.22. The average Bonchev–Trinajstić information content (AvgIpc) is 2.93. The van der Waals surface area contributed by atoms with Gasteiger partial charge in [0, 0.05) is 19.2 Å². The maximum absolute atomic E-state index is 6.19. The van der Waals surface area contributed by atoms with Crippen LogP contribution < -0.4 is 5.73 Å². The van der Waals surface area contributed by atoms with Crippen molar-refractivity contribution in [2.75, 3.05) is 26.3 Å². The summed E-state index contributed by atoms with van der Waals surface area (Å²) in [5.41, 5.74) is 6.32. The normalized spacial score (nSPS) is 29.5. The first-order chi connectivity index (χ1) is 9.18. The number of hydrogen-bond acceptors (Lipinski definition) is 3. The molecule has 0 bridgehead atoms. The topological polar surface area (TPSA) is 38.5 Å². The fourth-order valence-corrected chi connectivity index (χ4v) is 3.76. The lowest BCUT2D eigenvalue weighted by Gasteiger charge is -2.49. The minimum absolute atomic E-state index is 0.127. The zero-order valence-electron chi connectivity index (χ0n) is 12.9. The van der Waals surface area contributed by atoms with Gasteiger partial charge in [-0.1, -0.05) is 26.7 Å². The molecule has 1 heterocycles. The fourth-order valence-electron chi connectivity index (χ4n) is 3.76. The van der Waals surface area contributed by atoms with E-state index >= 15 is 0 Å². The van der Waals surface area contributed by atoms with E-state index in [4.69, 9.17) is 10.5 Å². The SMILES string of the molecule is CC(C)CCN(C1CCCC1)C1(CN)CCCOC1. The molecule has 1 atom stereocenters. The zero-order valence-corrected chi connectivity index (χ0v) is 12.9. The van der Waals surface area contributed by atoms with E-state index in [2.05, 4.69) is 18.7 Å². The summed E-state index contributed by atoms with van der Waals surface area (Å²) in [6.07, 6.45) is 9.17.